The molecule has 2 rings (SSSR count). The van der Waals surface area contributed by atoms with Crippen molar-refractivity contribution in [2.45, 2.75) is 38.8 Å². The van der Waals surface area contributed by atoms with Gasteiger partial charge < -0.3 is 16.0 Å². The summed E-state index contributed by atoms with van der Waals surface area (Å²) >= 11 is 0. The Hall–Kier alpha value is -1.85. The van der Waals surface area contributed by atoms with Gasteiger partial charge in [0.1, 0.15) is 0 Å². The Morgan fingerprint density at radius 1 is 1.30 bits per heavy atom. The van der Waals surface area contributed by atoms with E-state index in [9.17, 15) is 9.59 Å². The van der Waals surface area contributed by atoms with Crippen LogP contribution in [-0.2, 0) is 9.59 Å². The molecule has 1 aromatic carbocycles. The van der Waals surface area contributed by atoms with E-state index >= 15 is 0 Å². The number of nitrogens with two attached hydrogens (primary N) is 1. The van der Waals surface area contributed by atoms with Gasteiger partial charge in [-0.1, -0.05) is 24.3 Å². The molecule has 0 bridgehead atoms. The van der Waals surface area contributed by atoms with Crippen molar-refractivity contribution < 1.29 is 9.59 Å². The van der Waals surface area contributed by atoms with Crippen LogP contribution in [0.2, 0.25) is 0 Å². The number of hydrogen-bond acceptors (Lipinski definition) is 3. The zero-order valence-electron chi connectivity index (χ0n) is 13.7. The minimum absolute atomic E-state index is 0. The van der Waals surface area contributed by atoms with Gasteiger partial charge in [0.25, 0.3) is 0 Å². The lowest BCUT2D eigenvalue weighted by Gasteiger charge is -2.33. The van der Waals surface area contributed by atoms with Crippen molar-refractivity contribution in [3.05, 3.63) is 41.6 Å². The number of carbonyl (C=O) groups is 2. The first kappa shape index (κ1) is 19.2. The average Bonchev–Trinajstić information content (AvgIpc) is 2.46. The zero-order valence-corrected chi connectivity index (χ0v) is 14.5. The van der Waals surface area contributed by atoms with Crippen molar-refractivity contribution in [2.75, 3.05) is 6.54 Å². The summed E-state index contributed by atoms with van der Waals surface area (Å²) in [5, 5.41) is 2.92. The maximum absolute atomic E-state index is 12.3. The summed E-state index contributed by atoms with van der Waals surface area (Å²) in [5.41, 5.74) is 7.22. The van der Waals surface area contributed by atoms with E-state index in [1.54, 1.807) is 11.1 Å². The maximum atomic E-state index is 12.3. The summed E-state index contributed by atoms with van der Waals surface area (Å²) < 4.78 is 0. The molecule has 1 heterocycles. The highest BCUT2D eigenvalue weighted by Gasteiger charge is 2.29. The standard InChI is InChI=1S/C17H23N3O2.ClH/c1-12(21)20-9-8-13-6-4-5-7-14(13)15(20)10-16(22)19-17(2,3)11-18;/h4-9,15H,10-11,18H2,1-3H3,(H,19,22);1H. The molecule has 2 amide bonds. The normalized spacial score (nSPS) is 16.3. The van der Waals surface area contributed by atoms with Gasteiger partial charge in [0, 0.05) is 25.2 Å². The maximum Gasteiger partial charge on any atom is 0.223 e. The number of fused-ring (bicyclic) bond motifs is 1. The number of nitrogens with one attached hydrogen (secondary N) is 1. The molecule has 0 fully saturated rings. The fourth-order valence-corrected chi connectivity index (χ4v) is 2.57. The number of carbonyl (C=O) groups excluding carboxylic acids is 2. The zero-order chi connectivity index (χ0) is 16.3. The molecule has 3 N–H and O–H groups in total. The van der Waals surface area contributed by atoms with Crippen LogP contribution in [-0.4, -0.2) is 28.8 Å². The summed E-state index contributed by atoms with van der Waals surface area (Å²) in [6.45, 7) is 5.62. The molecule has 0 aliphatic carbocycles. The van der Waals surface area contributed by atoms with Crippen molar-refractivity contribution in [2.24, 2.45) is 5.73 Å². The molecule has 6 heteroatoms. The fourth-order valence-electron chi connectivity index (χ4n) is 2.57. The average molecular weight is 338 g/mol. The van der Waals surface area contributed by atoms with Crippen LogP contribution in [0.25, 0.3) is 6.08 Å². The van der Waals surface area contributed by atoms with Gasteiger partial charge in [-0.25, -0.2) is 0 Å². The van der Waals surface area contributed by atoms with Gasteiger partial charge >= 0.3 is 0 Å². The van der Waals surface area contributed by atoms with Crippen molar-refractivity contribution >= 4 is 30.3 Å². The molecule has 0 spiro atoms. The van der Waals surface area contributed by atoms with E-state index in [2.05, 4.69) is 5.32 Å². The molecule has 1 unspecified atom stereocenters. The van der Waals surface area contributed by atoms with Gasteiger partial charge in [-0.3, -0.25) is 9.59 Å². The van der Waals surface area contributed by atoms with Gasteiger partial charge in [0.2, 0.25) is 11.8 Å². The van der Waals surface area contributed by atoms with E-state index in [1.807, 2.05) is 44.2 Å². The van der Waals surface area contributed by atoms with E-state index in [0.717, 1.165) is 11.1 Å². The van der Waals surface area contributed by atoms with Crippen LogP contribution < -0.4 is 11.1 Å². The van der Waals surface area contributed by atoms with Crippen LogP contribution in [0.3, 0.4) is 0 Å². The summed E-state index contributed by atoms with van der Waals surface area (Å²) in [7, 11) is 0. The Morgan fingerprint density at radius 3 is 2.57 bits per heavy atom. The summed E-state index contributed by atoms with van der Waals surface area (Å²) in [4.78, 5) is 25.8. The van der Waals surface area contributed by atoms with Gasteiger partial charge in [-0.15, -0.1) is 12.4 Å². The number of benzene rings is 1. The first-order valence-corrected chi connectivity index (χ1v) is 7.41. The van der Waals surface area contributed by atoms with Gasteiger partial charge in [0.05, 0.1) is 12.5 Å². The van der Waals surface area contributed by atoms with Crippen molar-refractivity contribution in [1.82, 2.24) is 10.2 Å². The van der Waals surface area contributed by atoms with E-state index in [0.29, 0.717) is 6.54 Å². The molecular weight excluding hydrogens is 314 g/mol. The minimum atomic E-state index is -0.456. The lowest BCUT2D eigenvalue weighted by atomic mass is 9.93. The van der Waals surface area contributed by atoms with Crippen molar-refractivity contribution in [1.29, 1.82) is 0 Å². The van der Waals surface area contributed by atoms with Crippen LogP contribution in [0, 0.1) is 0 Å². The predicted molar refractivity (Wildman–Crippen MR) is 93.9 cm³/mol. The largest absolute Gasteiger partial charge is 0.350 e. The van der Waals surface area contributed by atoms with E-state index < -0.39 is 5.54 Å². The second-order valence-electron chi connectivity index (χ2n) is 6.23. The van der Waals surface area contributed by atoms with E-state index in [-0.39, 0.29) is 36.7 Å². The number of hydrogen-bond donors (Lipinski definition) is 2. The number of rotatable bonds is 4. The third-order valence-electron chi connectivity index (χ3n) is 3.84. The molecule has 5 nitrogen and oxygen atoms in total. The van der Waals surface area contributed by atoms with Crippen LogP contribution in [0.4, 0.5) is 0 Å². The van der Waals surface area contributed by atoms with Crippen LogP contribution in [0.5, 0.6) is 0 Å². The molecule has 126 valence electrons. The highest BCUT2D eigenvalue weighted by Crippen LogP contribution is 2.32. The molecule has 0 radical (unpaired) electrons. The SMILES string of the molecule is CC(=O)N1C=Cc2ccccc2C1CC(=O)NC(C)(C)CN.Cl. The first-order valence-electron chi connectivity index (χ1n) is 7.41. The topological polar surface area (TPSA) is 75.4 Å². The molecule has 0 saturated heterocycles. The molecule has 1 aliphatic rings. The molecule has 1 aromatic rings. The smallest absolute Gasteiger partial charge is 0.223 e. The van der Waals surface area contributed by atoms with Crippen molar-refractivity contribution in [3.8, 4) is 0 Å². The number of amides is 2. The summed E-state index contributed by atoms with van der Waals surface area (Å²) in [5.74, 6) is -0.196. The third kappa shape index (κ3) is 4.56. The summed E-state index contributed by atoms with van der Waals surface area (Å²) in [6, 6.07) is 7.53. The van der Waals surface area contributed by atoms with Crippen LogP contribution in [0.1, 0.15) is 44.4 Å². The molecule has 1 aliphatic heterocycles. The summed E-state index contributed by atoms with van der Waals surface area (Å²) in [6.07, 6.45) is 3.86. The molecule has 0 saturated carbocycles. The van der Waals surface area contributed by atoms with Gasteiger partial charge in [-0.05, 0) is 31.1 Å². The first-order chi connectivity index (χ1) is 10.3. The molecule has 1 atom stereocenters. The van der Waals surface area contributed by atoms with Gasteiger partial charge in [0.15, 0.2) is 0 Å². The molecule has 23 heavy (non-hydrogen) atoms. The van der Waals surface area contributed by atoms with Crippen molar-refractivity contribution in [3.63, 3.8) is 0 Å². The predicted octanol–water partition coefficient (Wildman–Crippen LogP) is 2.23. The second kappa shape index (κ2) is 7.62. The van der Waals surface area contributed by atoms with Crippen LogP contribution >= 0.6 is 12.4 Å². The fraction of sp³-hybridized carbons (Fsp3) is 0.412. The lowest BCUT2D eigenvalue weighted by molar-refractivity contribution is -0.130. The highest BCUT2D eigenvalue weighted by molar-refractivity contribution is 5.85. The minimum Gasteiger partial charge on any atom is -0.350 e. The highest BCUT2D eigenvalue weighted by atomic mass is 35.5. The Balaban J connectivity index is 0.00000264. The quantitative estimate of drug-likeness (QED) is 0.884. The van der Waals surface area contributed by atoms with E-state index in [4.69, 9.17) is 5.73 Å². The Labute approximate surface area is 143 Å². The van der Waals surface area contributed by atoms with Crippen LogP contribution in [0.15, 0.2) is 30.5 Å². The molecular formula is C17H24ClN3O2. The number of nitrogens with zero attached hydrogens (tertiary/aromatic N) is 1. The molecule has 0 aromatic heterocycles. The Kier molecular flexibility index (Phi) is 6.36. The van der Waals surface area contributed by atoms with E-state index in [1.165, 1.54) is 6.92 Å². The lowest BCUT2D eigenvalue weighted by Crippen LogP contribution is -2.49. The Bertz CT molecular complexity index is 614. The monoisotopic (exact) mass is 337 g/mol. The second-order valence-corrected chi connectivity index (χ2v) is 6.23. The Morgan fingerprint density at radius 2 is 1.96 bits per heavy atom. The third-order valence-corrected chi connectivity index (χ3v) is 3.84. The number of halogens is 1. The van der Waals surface area contributed by atoms with Gasteiger partial charge in [-0.2, -0.15) is 0 Å².